The normalized spacial score (nSPS) is 19.9. The van der Waals surface area contributed by atoms with Gasteiger partial charge in [-0.05, 0) is 37.9 Å². The van der Waals surface area contributed by atoms with Crippen LogP contribution in [0.3, 0.4) is 0 Å². The molecular weight excluding hydrogens is 361 g/mol. The van der Waals surface area contributed by atoms with Gasteiger partial charge in [-0.3, -0.25) is 9.59 Å². The highest BCUT2D eigenvalue weighted by molar-refractivity contribution is 5.95. The van der Waals surface area contributed by atoms with Gasteiger partial charge < -0.3 is 14.2 Å². The van der Waals surface area contributed by atoms with Gasteiger partial charge in [-0.2, -0.15) is 13.2 Å². The lowest BCUT2D eigenvalue weighted by molar-refractivity contribution is -0.144. The fraction of sp³-hybridized carbons (Fsp3) is 0.684. The van der Waals surface area contributed by atoms with Gasteiger partial charge in [0.2, 0.25) is 0 Å². The summed E-state index contributed by atoms with van der Waals surface area (Å²) in [7, 11) is 0. The van der Waals surface area contributed by atoms with Crippen molar-refractivity contribution in [2.24, 2.45) is 5.41 Å². The Labute approximate surface area is 156 Å². The number of Topliss-reactive ketones (excluding diaryl/α,β-unsaturated/α-hetero) is 1. The van der Waals surface area contributed by atoms with Gasteiger partial charge in [0.25, 0.3) is 5.56 Å². The van der Waals surface area contributed by atoms with E-state index in [0.717, 1.165) is 51.3 Å². The molecular formula is C19H25F3N2O3. The number of hydrogen-bond acceptors (Lipinski definition) is 4. The van der Waals surface area contributed by atoms with E-state index in [9.17, 15) is 22.8 Å². The number of ether oxygens (including phenoxy) is 1. The number of carbonyl (C=O) groups is 1. The third-order valence-corrected chi connectivity index (χ3v) is 5.61. The third-order valence-electron chi connectivity index (χ3n) is 5.61. The standard InChI is InChI=1S/C19H25F3N2O3/c1-2-15(25)14-4-5-16(19(20,21)22)24(17(14)26)9-3-8-23-12-18(13-23)6-10-27-11-7-18/h4-5H,2-3,6-13H2,1H3. The smallest absolute Gasteiger partial charge is 0.381 e. The first-order valence-corrected chi connectivity index (χ1v) is 9.40. The highest BCUT2D eigenvalue weighted by atomic mass is 19.4. The molecule has 2 aliphatic rings. The number of aromatic nitrogens is 1. The Bertz CT molecular complexity index is 744. The van der Waals surface area contributed by atoms with E-state index in [1.54, 1.807) is 6.92 Å². The Morgan fingerprint density at radius 1 is 1.19 bits per heavy atom. The van der Waals surface area contributed by atoms with Gasteiger partial charge in [-0.1, -0.05) is 6.92 Å². The largest absolute Gasteiger partial charge is 0.431 e. The molecule has 0 aromatic carbocycles. The van der Waals surface area contributed by atoms with E-state index < -0.39 is 23.2 Å². The van der Waals surface area contributed by atoms with Crippen LogP contribution in [0.4, 0.5) is 13.2 Å². The Hall–Kier alpha value is -1.67. The summed E-state index contributed by atoms with van der Waals surface area (Å²) in [5.41, 5.74) is -1.71. The highest BCUT2D eigenvalue weighted by Gasteiger charge is 2.43. The number of ketones is 1. The SMILES string of the molecule is CCC(=O)c1ccc(C(F)(F)F)n(CCCN2CC3(CCOCC3)C2)c1=O. The number of likely N-dealkylation sites (tertiary alicyclic amines) is 1. The molecule has 1 aromatic heterocycles. The number of pyridine rings is 1. The molecule has 3 rings (SSSR count). The maximum Gasteiger partial charge on any atom is 0.431 e. The topological polar surface area (TPSA) is 51.5 Å². The molecule has 0 aliphatic carbocycles. The van der Waals surface area contributed by atoms with E-state index >= 15 is 0 Å². The zero-order valence-corrected chi connectivity index (χ0v) is 15.5. The Balaban J connectivity index is 1.66. The van der Waals surface area contributed by atoms with Crippen LogP contribution in [-0.4, -0.2) is 48.1 Å². The van der Waals surface area contributed by atoms with Crippen LogP contribution in [0.1, 0.15) is 48.7 Å². The van der Waals surface area contributed by atoms with Crippen molar-refractivity contribution >= 4 is 5.78 Å². The van der Waals surface area contributed by atoms with E-state index in [1.165, 1.54) is 0 Å². The zero-order chi connectivity index (χ0) is 19.7. The van der Waals surface area contributed by atoms with Crippen LogP contribution in [0.5, 0.6) is 0 Å². The van der Waals surface area contributed by atoms with Gasteiger partial charge >= 0.3 is 6.18 Å². The minimum absolute atomic E-state index is 0.0505. The summed E-state index contributed by atoms with van der Waals surface area (Å²) < 4.78 is 45.9. The summed E-state index contributed by atoms with van der Waals surface area (Å²) in [4.78, 5) is 26.5. The van der Waals surface area contributed by atoms with E-state index in [2.05, 4.69) is 4.90 Å². The maximum absolute atomic E-state index is 13.3. The van der Waals surface area contributed by atoms with Crippen molar-refractivity contribution < 1.29 is 22.7 Å². The van der Waals surface area contributed by atoms with Crippen LogP contribution in [-0.2, 0) is 17.5 Å². The number of alkyl halides is 3. The van der Waals surface area contributed by atoms with Crippen molar-refractivity contribution in [2.75, 3.05) is 32.8 Å². The van der Waals surface area contributed by atoms with Gasteiger partial charge in [-0.15, -0.1) is 0 Å². The molecule has 3 heterocycles. The molecule has 2 fully saturated rings. The van der Waals surface area contributed by atoms with Crippen LogP contribution in [0.25, 0.3) is 0 Å². The quantitative estimate of drug-likeness (QED) is 0.706. The molecule has 0 amide bonds. The summed E-state index contributed by atoms with van der Waals surface area (Å²) in [6.07, 6.45) is -2.06. The average molecular weight is 386 g/mol. The first-order valence-electron chi connectivity index (χ1n) is 9.40. The Kier molecular flexibility index (Phi) is 5.76. The fourth-order valence-corrected chi connectivity index (χ4v) is 4.08. The van der Waals surface area contributed by atoms with Crippen molar-refractivity contribution in [3.63, 3.8) is 0 Å². The number of hydrogen-bond donors (Lipinski definition) is 0. The molecule has 0 radical (unpaired) electrons. The molecule has 0 saturated carbocycles. The lowest BCUT2D eigenvalue weighted by Crippen LogP contribution is -2.58. The van der Waals surface area contributed by atoms with Crippen LogP contribution in [0.15, 0.2) is 16.9 Å². The highest BCUT2D eigenvalue weighted by Crippen LogP contribution is 2.39. The second kappa shape index (κ2) is 7.75. The lowest BCUT2D eigenvalue weighted by Gasteiger charge is -2.52. The summed E-state index contributed by atoms with van der Waals surface area (Å²) in [6.45, 7) is 5.59. The molecule has 2 aliphatic heterocycles. The van der Waals surface area contributed by atoms with Gasteiger partial charge in [0.05, 0.1) is 5.56 Å². The second-order valence-corrected chi connectivity index (χ2v) is 7.54. The molecule has 5 nitrogen and oxygen atoms in total. The molecule has 1 spiro atoms. The van der Waals surface area contributed by atoms with Crippen LogP contribution < -0.4 is 5.56 Å². The van der Waals surface area contributed by atoms with Crippen molar-refractivity contribution in [1.82, 2.24) is 9.47 Å². The van der Waals surface area contributed by atoms with Crippen LogP contribution in [0, 0.1) is 5.41 Å². The molecule has 0 unspecified atom stereocenters. The van der Waals surface area contributed by atoms with Gasteiger partial charge in [-0.25, -0.2) is 0 Å². The predicted octanol–water partition coefficient (Wildman–Crippen LogP) is 2.96. The maximum atomic E-state index is 13.3. The molecule has 27 heavy (non-hydrogen) atoms. The second-order valence-electron chi connectivity index (χ2n) is 7.54. The van der Waals surface area contributed by atoms with Gasteiger partial charge in [0.15, 0.2) is 5.78 Å². The van der Waals surface area contributed by atoms with E-state index in [0.29, 0.717) is 22.9 Å². The summed E-state index contributed by atoms with van der Waals surface area (Å²) in [6, 6.07) is 1.84. The summed E-state index contributed by atoms with van der Waals surface area (Å²) in [5.74, 6) is -0.438. The predicted molar refractivity (Wildman–Crippen MR) is 93.9 cm³/mol. The minimum atomic E-state index is -4.63. The van der Waals surface area contributed by atoms with Crippen molar-refractivity contribution in [2.45, 2.75) is 45.3 Å². The lowest BCUT2D eigenvalue weighted by atomic mass is 9.73. The first kappa shape index (κ1) is 20.1. The van der Waals surface area contributed by atoms with Crippen molar-refractivity contribution in [3.05, 3.63) is 33.7 Å². The van der Waals surface area contributed by atoms with Crippen LogP contribution >= 0.6 is 0 Å². The zero-order valence-electron chi connectivity index (χ0n) is 15.5. The molecule has 8 heteroatoms. The number of rotatable bonds is 6. The Morgan fingerprint density at radius 3 is 2.44 bits per heavy atom. The average Bonchev–Trinajstić information content (AvgIpc) is 2.60. The van der Waals surface area contributed by atoms with Crippen molar-refractivity contribution in [1.29, 1.82) is 0 Å². The molecule has 0 bridgehead atoms. The number of halogens is 3. The van der Waals surface area contributed by atoms with E-state index in [-0.39, 0.29) is 18.5 Å². The van der Waals surface area contributed by atoms with Crippen molar-refractivity contribution in [3.8, 4) is 0 Å². The minimum Gasteiger partial charge on any atom is -0.381 e. The first-order chi connectivity index (χ1) is 12.8. The number of nitrogens with zero attached hydrogens (tertiary/aromatic N) is 2. The number of carbonyl (C=O) groups excluding carboxylic acids is 1. The summed E-state index contributed by atoms with van der Waals surface area (Å²) in [5, 5.41) is 0. The van der Waals surface area contributed by atoms with Gasteiger partial charge in [0.1, 0.15) is 5.69 Å². The molecule has 150 valence electrons. The molecule has 0 atom stereocenters. The summed E-state index contributed by atoms with van der Waals surface area (Å²) >= 11 is 0. The van der Waals surface area contributed by atoms with E-state index in [1.807, 2.05) is 0 Å². The monoisotopic (exact) mass is 386 g/mol. The Morgan fingerprint density at radius 2 is 1.85 bits per heavy atom. The third kappa shape index (κ3) is 4.27. The van der Waals surface area contributed by atoms with Gasteiger partial charge in [0, 0.05) is 44.7 Å². The molecule has 0 N–H and O–H groups in total. The molecule has 1 aromatic rings. The van der Waals surface area contributed by atoms with Crippen LogP contribution in [0.2, 0.25) is 0 Å². The molecule has 2 saturated heterocycles. The van der Waals surface area contributed by atoms with E-state index in [4.69, 9.17) is 4.74 Å². The fourth-order valence-electron chi connectivity index (χ4n) is 4.08.